The van der Waals surface area contributed by atoms with Crippen LogP contribution < -0.4 is 5.32 Å². The fourth-order valence-corrected chi connectivity index (χ4v) is 3.70. The van der Waals surface area contributed by atoms with Crippen LogP contribution in [0.4, 0.5) is 0 Å². The summed E-state index contributed by atoms with van der Waals surface area (Å²) < 4.78 is 0. The van der Waals surface area contributed by atoms with Gasteiger partial charge in [0.05, 0.1) is 0 Å². The maximum Gasteiger partial charge on any atom is 0.00227 e. The standard InChI is InChI=1S/C20H33N/c1-4-21-15-20(18-9-7-5-6-8-10-18)19-13-11-17(12-14-19)16(2)3/h11-14,16,18,20-21H,4-10,15H2,1-3H3. The number of benzene rings is 1. The van der Waals surface area contributed by atoms with Crippen molar-refractivity contribution in [2.75, 3.05) is 13.1 Å². The van der Waals surface area contributed by atoms with Crippen molar-refractivity contribution < 1.29 is 0 Å². The predicted octanol–water partition coefficient (Wildman–Crippen LogP) is 5.47. The predicted molar refractivity (Wildman–Crippen MR) is 93.0 cm³/mol. The van der Waals surface area contributed by atoms with E-state index in [4.69, 9.17) is 0 Å². The van der Waals surface area contributed by atoms with Gasteiger partial charge in [0.15, 0.2) is 0 Å². The average Bonchev–Trinajstić information content (AvgIpc) is 2.77. The topological polar surface area (TPSA) is 12.0 Å². The highest BCUT2D eigenvalue weighted by Crippen LogP contribution is 2.35. The minimum absolute atomic E-state index is 0.629. The van der Waals surface area contributed by atoms with Crippen LogP contribution in [0.15, 0.2) is 24.3 Å². The van der Waals surface area contributed by atoms with Crippen LogP contribution >= 0.6 is 0 Å². The molecule has 0 radical (unpaired) electrons. The highest BCUT2D eigenvalue weighted by atomic mass is 14.8. The number of hydrogen-bond donors (Lipinski definition) is 1. The number of hydrogen-bond acceptors (Lipinski definition) is 1. The molecule has 1 nitrogen and oxygen atoms in total. The molecule has 0 aliphatic heterocycles. The zero-order valence-electron chi connectivity index (χ0n) is 14.2. The van der Waals surface area contributed by atoms with E-state index >= 15 is 0 Å². The summed E-state index contributed by atoms with van der Waals surface area (Å²) in [5, 5.41) is 3.60. The summed E-state index contributed by atoms with van der Waals surface area (Å²) in [5.41, 5.74) is 3.01. The number of nitrogens with one attached hydrogen (secondary N) is 1. The molecule has 0 bridgehead atoms. The first-order chi connectivity index (χ1) is 10.2. The Morgan fingerprint density at radius 3 is 2.05 bits per heavy atom. The molecule has 2 rings (SSSR count). The van der Waals surface area contributed by atoms with Gasteiger partial charge >= 0.3 is 0 Å². The lowest BCUT2D eigenvalue weighted by Crippen LogP contribution is -2.26. The van der Waals surface area contributed by atoms with Crippen molar-refractivity contribution in [2.45, 2.75) is 71.1 Å². The Morgan fingerprint density at radius 2 is 1.52 bits per heavy atom. The fourth-order valence-electron chi connectivity index (χ4n) is 3.70. The van der Waals surface area contributed by atoms with E-state index < -0.39 is 0 Å². The third-order valence-corrected chi connectivity index (χ3v) is 5.11. The second-order valence-corrected chi connectivity index (χ2v) is 6.99. The van der Waals surface area contributed by atoms with Crippen LogP contribution in [0.5, 0.6) is 0 Å². The van der Waals surface area contributed by atoms with Gasteiger partial charge in [-0.05, 0) is 48.3 Å². The van der Waals surface area contributed by atoms with E-state index in [0.717, 1.165) is 19.0 Å². The Balaban J connectivity index is 2.13. The Bertz CT molecular complexity index is 385. The molecule has 0 spiro atoms. The van der Waals surface area contributed by atoms with Crippen LogP contribution in [-0.4, -0.2) is 13.1 Å². The summed E-state index contributed by atoms with van der Waals surface area (Å²) in [5.74, 6) is 2.20. The molecule has 0 aromatic heterocycles. The van der Waals surface area contributed by atoms with Gasteiger partial charge in [-0.15, -0.1) is 0 Å². The number of rotatable bonds is 6. The van der Waals surface area contributed by atoms with Crippen molar-refractivity contribution >= 4 is 0 Å². The molecule has 1 fully saturated rings. The van der Waals surface area contributed by atoms with Crippen molar-refractivity contribution in [1.82, 2.24) is 5.32 Å². The van der Waals surface area contributed by atoms with E-state index in [-0.39, 0.29) is 0 Å². The zero-order chi connectivity index (χ0) is 15.1. The van der Waals surface area contributed by atoms with Gasteiger partial charge in [-0.25, -0.2) is 0 Å². The van der Waals surface area contributed by atoms with Crippen LogP contribution in [0.1, 0.15) is 82.3 Å². The van der Waals surface area contributed by atoms with Gasteiger partial charge in [-0.2, -0.15) is 0 Å². The first kappa shape index (κ1) is 16.5. The van der Waals surface area contributed by atoms with E-state index in [1.165, 1.54) is 44.1 Å². The summed E-state index contributed by atoms with van der Waals surface area (Å²) in [7, 11) is 0. The molecule has 118 valence electrons. The smallest absolute Gasteiger partial charge is 0.00227 e. The SMILES string of the molecule is CCNCC(c1ccc(C(C)C)cc1)C1CCCCCC1. The zero-order valence-corrected chi connectivity index (χ0v) is 14.2. The van der Waals surface area contributed by atoms with Gasteiger partial charge in [0, 0.05) is 6.54 Å². The maximum absolute atomic E-state index is 3.60. The lowest BCUT2D eigenvalue weighted by atomic mass is 9.81. The van der Waals surface area contributed by atoms with Gasteiger partial charge in [-0.1, -0.05) is 70.7 Å². The molecule has 1 saturated carbocycles. The first-order valence-electron chi connectivity index (χ1n) is 9.03. The van der Waals surface area contributed by atoms with E-state index in [1.807, 2.05) is 0 Å². The largest absolute Gasteiger partial charge is 0.316 e. The molecule has 1 heteroatoms. The van der Waals surface area contributed by atoms with Gasteiger partial charge in [0.1, 0.15) is 0 Å². The van der Waals surface area contributed by atoms with E-state index in [9.17, 15) is 0 Å². The highest BCUT2D eigenvalue weighted by Gasteiger charge is 2.23. The molecule has 0 saturated heterocycles. The summed E-state index contributed by atoms with van der Waals surface area (Å²) in [4.78, 5) is 0. The van der Waals surface area contributed by atoms with Crippen LogP contribution in [-0.2, 0) is 0 Å². The third kappa shape index (κ3) is 4.85. The minimum Gasteiger partial charge on any atom is -0.316 e. The molecule has 0 heterocycles. The van der Waals surface area contributed by atoms with E-state index in [2.05, 4.69) is 50.4 Å². The monoisotopic (exact) mass is 287 g/mol. The molecular weight excluding hydrogens is 254 g/mol. The van der Waals surface area contributed by atoms with Gasteiger partial charge in [0.25, 0.3) is 0 Å². The van der Waals surface area contributed by atoms with Gasteiger partial charge in [0.2, 0.25) is 0 Å². The second kappa shape index (κ2) is 8.58. The minimum atomic E-state index is 0.629. The van der Waals surface area contributed by atoms with Crippen molar-refractivity contribution in [3.8, 4) is 0 Å². The molecule has 21 heavy (non-hydrogen) atoms. The summed E-state index contributed by atoms with van der Waals surface area (Å²) >= 11 is 0. The lowest BCUT2D eigenvalue weighted by Gasteiger charge is -2.27. The Kier molecular flexibility index (Phi) is 6.76. The van der Waals surface area contributed by atoms with Crippen molar-refractivity contribution in [2.24, 2.45) is 5.92 Å². The normalized spacial score (nSPS) is 18.7. The summed E-state index contributed by atoms with van der Waals surface area (Å²) in [6.45, 7) is 8.98. The van der Waals surface area contributed by atoms with Crippen LogP contribution in [0, 0.1) is 5.92 Å². The van der Waals surface area contributed by atoms with Crippen molar-refractivity contribution in [3.05, 3.63) is 35.4 Å². The first-order valence-corrected chi connectivity index (χ1v) is 9.03. The van der Waals surface area contributed by atoms with Crippen molar-refractivity contribution in [1.29, 1.82) is 0 Å². The Hall–Kier alpha value is -0.820. The summed E-state index contributed by atoms with van der Waals surface area (Å²) in [6.07, 6.45) is 8.58. The summed E-state index contributed by atoms with van der Waals surface area (Å²) in [6, 6.07) is 9.47. The molecule has 1 atom stereocenters. The molecular formula is C20H33N. The molecule has 1 N–H and O–H groups in total. The fraction of sp³-hybridized carbons (Fsp3) is 0.700. The quantitative estimate of drug-likeness (QED) is 0.684. The van der Waals surface area contributed by atoms with Gasteiger partial charge < -0.3 is 5.32 Å². The Morgan fingerprint density at radius 1 is 0.952 bits per heavy atom. The molecule has 1 aliphatic carbocycles. The van der Waals surface area contributed by atoms with Crippen LogP contribution in [0.2, 0.25) is 0 Å². The maximum atomic E-state index is 3.60. The number of likely N-dealkylation sites (N-methyl/N-ethyl adjacent to an activating group) is 1. The average molecular weight is 287 g/mol. The third-order valence-electron chi connectivity index (χ3n) is 5.11. The highest BCUT2D eigenvalue weighted by molar-refractivity contribution is 5.28. The molecule has 0 amide bonds. The van der Waals surface area contributed by atoms with Crippen LogP contribution in [0.25, 0.3) is 0 Å². The van der Waals surface area contributed by atoms with Gasteiger partial charge in [-0.3, -0.25) is 0 Å². The molecule has 1 aliphatic rings. The molecule has 1 aromatic carbocycles. The molecule has 1 unspecified atom stereocenters. The Labute approximate surface area is 131 Å². The van der Waals surface area contributed by atoms with Crippen LogP contribution in [0.3, 0.4) is 0 Å². The molecule has 1 aromatic rings. The lowest BCUT2D eigenvalue weighted by molar-refractivity contribution is 0.363. The van der Waals surface area contributed by atoms with Crippen molar-refractivity contribution in [3.63, 3.8) is 0 Å². The van der Waals surface area contributed by atoms with E-state index in [0.29, 0.717) is 11.8 Å². The second-order valence-electron chi connectivity index (χ2n) is 6.99. The van der Waals surface area contributed by atoms with E-state index in [1.54, 1.807) is 5.56 Å².